The van der Waals surface area contributed by atoms with Gasteiger partial charge in [0.1, 0.15) is 5.82 Å². The quantitative estimate of drug-likeness (QED) is 0.866. The molecular formula is C12H17N5. The lowest BCUT2D eigenvalue weighted by Crippen LogP contribution is -2.17. The second kappa shape index (κ2) is 4.45. The van der Waals surface area contributed by atoms with Crippen LogP contribution in [0.3, 0.4) is 0 Å². The third-order valence-electron chi connectivity index (χ3n) is 2.70. The van der Waals surface area contributed by atoms with E-state index in [0.29, 0.717) is 0 Å². The van der Waals surface area contributed by atoms with Gasteiger partial charge < -0.3 is 10.6 Å². The number of rotatable bonds is 3. The minimum absolute atomic E-state index is 0.767. The van der Waals surface area contributed by atoms with Gasteiger partial charge in [-0.15, -0.1) is 0 Å². The molecule has 2 heterocycles. The van der Waals surface area contributed by atoms with Crippen LogP contribution in [0.1, 0.15) is 11.1 Å². The molecule has 2 aromatic rings. The topological polar surface area (TPSA) is 60.0 Å². The van der Waals surface area contributed by atoms with Crippen LogP contribution in [0.2, 0.25) is 0 Å². The van der Waals surface area contributed by atoms with Crippen molar-refractivity contribution < 1.29 is 0 Å². The Morgan fingerprint density at radius 3 is 2.76 bits per heavy atom. The number of aryl methyl sites for hydroxylation is 2. The van der Waals surface area contributed by atoms with Crippen molar-refractivity contribution in [3.8, 4) is 0 Å². The molecule has 0 fully saturated rings. The van der Waals surface area contributed by atoms with Crippen LogP contribution in [0, 0.1) is 6.92 Å². The van der Waals surface area contributed by atoms with Crippen molar-refractivity contribution in [1.29, 1.82) is 0 Å². The maximum Gasteiger partial charge on any atom is 0.130 e. The van der Waals surface area contributed by atoms with E-state index in [0.717, 1.165) is 29.2 Å². The molecule has 0 aliphatic rings. The van der Waals surface area contributed by atoms with Crippen molar-refractivity contribution in [2.24, 2.45) is 7.05 Å². The molecule has 5 heteroatoms. The first-order chi connectivity index (χ1) is 8.06. The Hall–Kier alpha value is -2.04. The van der Waals surface area contributed by atoms with E-state index in [9.17, 15) is 0 Å². The number of nitrogen functional groups attached to an aromatic ring is 1. The summed E-state index contributed by atoms with van der Waals surface area (Å²) in [5, 5.41) is 4.14. The number of anilines is 2. The highest BCUT2D eigenvalue weighted by molar-refractivity contribution is 5.54. The number of nitrogens with two attached hydrogens (primary N) is 1. The molecule has 2 aromatic heterocycles. The summed E-state index contributed by atoms with van der Waals surface area (Å²) in [6.07, 6.45) is 5.65. The average Bonchev–Trinajstić information content (AvgIpc) is 2.68. The van der Waals surface area contributed by atoms with Crippen molar-refractivity contribution in [3.05, 3.63) is 35.8 Å². The SMILES string of the molecule is Cc1cnc(N(C)Cc2cnn(C)c2)cc1N. The summed E-state index contributed by atoms with van der Waals surface area (Å²) in [5.41, 5.74) is 8.80. The minimum Gasteiger partial charge on any atom is -0.398 e. The zero-order valence-electron chi connectivity index (χ0n) is 10.4. The molecular weight excluding hydrogens is 214 g/mol. The summed E-state index contributed by atoms with van der Waals surface area (Å²) < 4.78 is 1.79. The van der Waals surface area contributed by atoms with E-state index in [-0.39, 0.29) is 0 Å². The van der Waals surface area contributed by atoms with Crippen molar-refractivity contribution in [3.63, 3.8) is 0 Å². The van der Waals surface area contributed by atoms with E-state index in [4.69, 9.17) is 5.73 Å². The van der Waals surface area contributed by atoms with Gasteiger partial charge in [-0.2, -0.15) is 5.10 Å². The molecule has 90 valence electrons. The summed E-state index contributed by atoms with van der Waals surface area (Å²) in [6, 6.07) is 1.89. The van der Waals surface area contributed by atoms with Crippen LogP contribution < -0.4 is 10.6 Å². The molecule has 0 unspecified atom stereocenters. The summed E-state index contributed by atoms with van der Waals surface area (Å²) in [6.45, 7) is 2.72. The molecule has 2 rings (SSSR count). The van der Waals surface area contributed by atoms with Gasteiger partial charge in [0.05, 0.1) is 6.20 Å². The van der Waals surface area contributed by atoms with E-state index >= 15 is 0 Å². The van der Waals surface area contributed by atoms with Gasteiger partial charge in [-0.3, -0.25) is 4.68 Å². The minimum atomic E-state index is 0.767. The number of hydrogen-bond acceptors (Lipinski definition) is 4. The van der Waals surface area contributed by atoms with Gasteiger partial charge in [-0.25, -0.2) is 4.98 Å². The first kappa shape index (κ1) is 11.4. The normalized spacial score (nSPS) is 10.5. The van der Waals surface area contributed by atoms with Gasteiger partial charge >= 0.3 is 0 Å². The zero-order chi connectivity index (χ0) is 12.4. The smallest absolute Gasteiger partial charge is 0.130 e. The van der Waals surface area contributed by atoms with Gasteiger partial charge in [-0.1, -0.05) is 0 Å². The lowest BCUT2D eigenvalue weighted by molar-refractivity contribution is 0.766. The van der Waals surface area contributed by atoms with Gasteiger partial charge in [0.15, 0.2) is 0 Å². The number of hydrogen-bond donors (Lipinski definition) is 1. The summed E-state index contributed by atoms with van der Waals surface area (Å²) in [4.78, 5) is 6.41. The maximum absolute atomic E-state index is 5.87. The predicted molar refractivity (Wildman–Crippen MR) is 68.7 cm³/mol. The molecule has 0 aliphatic carbocycles. The Labute approximate surface area is 101 Å². The van der Waals surface area contributed by atoms with Crippen molar-refractivity contribution in [2.45, 2.75) is 13.5 Å². The van der Waals surface area contributed by atoms with Gasteiger partial charge in [0, 0.05) is 50.4 Å². The molecule has 0 aromatic carbocycles. The molecule has 2 N–H and O–H groups in total. The van der Waals surface area contributed by atoms with Crippen LogP contribution in [0.15, 0.2) is 24.7 Å². The fourth-order valence-corrected chi connectivity index (χ4v) is 1.64. The lowest BCUT2D eigenvalue weighted by Gasteiger charge is -2.17. The highest BCUT2D eigenvalue weighted by Crippen LogP contribution is 2.18. The third-order valence-corrected chi connectivity index (χ3v) is 2.70. The van der Waals surface area contributed by atoms with Crippen LogP contribution in [0.25, 0.3) is 0 Å². The van der Waals surface area contributed by atoms with Crippen molar-refractivity contribution in [1.82, 2.24) is 14.8 Å². The number of aromatic nitrogens is 3. The van der Waals surface area contributed by atoms with Gasteiger partial charge in [0.2, 0.25) is 0 Å². The summed E-state index contributed by atoms with van der Waals surface area (Å²) in [7, 11) is 3.90. The van der Waals surface area contributed by atoms with Crippen LogP contribution in [0.5, 0.6) is 0 Å². The lowest BCUT2D eigenvalue weighted by atomic mass is 10.2. The second-order valence-electron chi connectivity index (χ2n) is 4.28. The summed E-state index contributed by atoms with van der Waals surface area (Å²) in [5.74, 6) is 0.872. The van der Waals surface area contributed by atoms with E-state index in [2.05, 4.69) is 10.1 Å². The molecule has 17 heavy (non-hydrogen) atoms. The third kappa shape index (κ3) is 2.55. The van der Waals surface area contributed by atoms with Crippen molar-refractivity contribution in [2.75, 3.05) is 17.7 Å². The van der Waals surface area contributed by atoms with E-state index in [1.165, 1.54) is 0 Å². The second-order valence-corrected chi connectivity index (χ2v) is 4.28. The van der Waals surface area contributed by atoms with Gasteiger partial charge in [0.25, 0.3) is 0 Å². The average molecular weight is 231 g/mol. The highest BCUT2D eigenvalue weighted by atomic mass is 15.2. The molecule has 0 saturated heterocycles. The first-order valence-electron chi connectivity index (χ1n) is 5.47. The van der Waals surface area contributed by atoms with Crippen LogP contribution in [-0.2, 0) is 13.6 Å². The Kier molecular flexibility index (Phi) is 2.99. The Bertz CT molecular complexity index is 517. The van der Waals surface area contributed by atoms with Crippen LogP contribution in [-0.4, -0.2) is 21.8 Å². The number of pyridine rings is 1. The Morgan fingerprint density at radius 2 is 2.18 bits per heavy atom. The fraction of sp³-hybridized carbons (Fsp3) is 0.333. The molecule has 0 spiro atoms. The zero-order valence-corrected chi connectivity index (χ0v) is 10.4. The first-order valence-corrected chi connectivity index (χ1v) is 5.47. The predicted octanol–water partition coefficient (Wildman–Crippen LogP) is 1.34. The van der Waals surface area contributed by atoms with Crippen LogP contribution >= 0.6 is 0 Å². The Balaban J connectivity index is 2.14. The summed E-state index contributed by atoms with van der Waals surface area (Å²) >= 11 is 0. The number of nitrogens with zero attached hydrogens (tertiary/aromatic N) is 4. The van der Waals surface area contributed by atoms with Gasteiger partial charge in [-0.05, 0) is 12.5 Å². The highest BCUT2D eigenvalue weighted by Gasteiger charge is 2.06. The molecule has 0 saturated carbocycles. The van der Waals surface area contributed by atoms with Crippen molar-refractivity contribution >= 4 is 11.5 Å². The molecule has 0 bridgehead atoms. The maximum atomic E-state index is 5.87. The molecule has 0 amide bonds. The molecule has 5 nitrogen and oxygen atoms in total. The standard InChI is InChI=1S/C12H17N5/c1-9-5-14-12(4-11(9)13)16(2)7-10-6-15-17(3)8-10/h4-6,8H,7H2,1-3H3,(H2,13,14). The largest absolute Gasteiger partial charge is 0.398 e. The molecule has 0 aliphatic heterocycles. The molecule has 0 radical (unpaired) electrons. The van der Waals surface area contributed by atoms with E-state index in [1.54, 1.807) is 10.9 Å². The molecule has 0 atom stereocenters. The van der Waals surface area contributed by atoms with E-state index in [1.807, 2.05) is 44.4 Å². The Morgan fingerprint density at radius 1 is 1.41 bits per heavy atom. The fourth-order valence-electron chi connectivity index (χ4n) is 1.64. The monoisotopic (exact) mass is 231 g/mol. The van der Waals surface area contributed by atoms with Crippen LogP contribution in [0.4, 0.5) is 11.5 Å². The van der Waals surface area contributed by atoms with E-state index < -0.39 is 0 Å².